The van der Waals surface area contributed by atoms with Gasteiger partial charge in [-0.25, -0.2) is 0 Å². The third-order valence-corrected chi connectivity index (χ3v) is 4.17. The van der Waals surface area contributed by atoms with Crippen LogP contribution < -0.4 is 10.5 Å². The van der Waals surface area contributed by atoms with Gasteiger partial charge in [0, 0.05) is 48.1 Å². The zero-order valence-corrected chi connectivity index (χ0v) is 12.3. The Morgan fingerprint density at radius 3 is 2.53 bits per heavy atom. The number of hydrogen-bond acceptors (Lipinski definition) is 4. The van der Waals surface area contributed by atoms with Crippen LogP contribution >= 0.6 is 0 Å². The van der Waals surface area contributed by atoms with Gasteiger partial charge in [-0.3, -0.25) is 4.21 Å². The maximum absolute atomic E-state index is 11.6. The number of rotatable bonds is 10. The lowest BCUT2D eigenvalue weighted by molar-refractivity contribution is 0.200. The molecule has 4 nitrogen and oxygen atoms in total. The monoisotopic (exact) mass is 285 g/mol. The van der Waals surface area contributed by atoms with Crippen LogP contribution in [0.15, 0.2) is 24.3 Å². The van der Waals surface area contributed by atoms with Crippen molar-refractivity contribution in [2.45, 2.75) is 19.4 Å². The summed E-state index contributed by atoms with van der Waals surface area (Å²) in [6.07, 6.45) is 1.64. The lowest BCUT2D eigenvalue weighted by Crippen LogP contribution is -2.09. The van der Waals surface area contributed by atoms with Crippen LogP contribution in [-0.4, -0.2) is 36.0 Å². The Balaban J connectivity index is 2.18. The van der Waals surface area contributed by atoms with Gasteiger partial charge in [-0.15, -0.1) is 0 Å². The van der Waals surface area contributed by atoms with Crippen molar-refractivity contribution >= 4 is 10.8 Å². The number of nitrogens with two attached hydrogens (primary N) is 1. The first-order chi connectivity index (χ1) is 9.27. The van der Waals surface area contributed by atoms with E-state index in [1.807, 2.05) is 24.3 Å². The van der Waals surface area contributed by atoms with E-state index in [1.165, 1.54) is 0 Å². The van der Waals surface area contributed by atoms with Crippen LogP contribution in [0, 0.1) is 0 Å². The molecule has 1 rings (SSSR count). The van der Waals surface area contributed by atoms with Crippen LogP contribution in [0.3, 0.4) is 0 Å². The minimum absolute atomic E-state index is 0.471. The van der Waals surface area contributed by atoms with Crippen LogP contribution in [0.25, 0.3) is 0 Å². The van der Waals surface area contributed by atoms with Gasteiger partial charge in [-0.1, -0.05) is 18.2 Å². The second kappa shape index (κ2) is 9.95. The SMILES string of the molecule is COCCCS(=O)CCCOc1ccccc1CN. The molecule has 0 fully saturated rings. The van der Waals surface area contributed by atoms with Gasteiger partial charge < -0.3 is 15.2 Å². The van der Waals surface area contributed by atoms with E-state index in [1.54, 1.807) is 7.11 Å². The Morgan fingerprint density at radius 1 is 1.16 bits per heavy atom. The topological polar surface area (TPSA) is 61.5 Å². The van der Waals surface area contributed by atoms with E-state index in [0.717, 1.165) is 24.2 Å². The van der Waals surface area contributed by atoms with Gasteiger partial charge in [-0.2, -0.15) is 0 Å². The van der Waals surface area contributed by atoms with Gasteiger partial charge in [-0.05, 0) is 18.9 Å². The van der Waals surface area contributed by atoms with Crippen LogP contribution in [0.5, 0.6) is 5.75 Å². The third-order valence-electron chi connectivity index (χ3n) is 2.69. The maximum atomic E-state index is 11.6. The Morgan fingerprint density at radius 2 is 1.84 bits per heavy atom. The molecule has 0 aliphatic heterocycles. The molecule has 108 valence electrons. The Bertz CT molecular complexity index is 385. The number of methoxy groups -OCH3 is 1. The molecule has 5 heteroatoms. The van der Waals surface area contributed by atoms with Crippen molar-refractivity contribution in [2.75, 3.05) is 31.8 Å². The summed E-state index contributed by atoms with van der Waals surface area (Å²) < 4.78 is 22.2. The molecule has 0 spiro atoms. The van der Waals surface area contributed by atoms with Crippen molar-refractivity contribution in [3.63, 3.8) is 0 Å². The Hall–Kier alpha value is -0.910. The maximum Gasteiger partial charge on any atom is 0.123 e. The summed E-state index contributed by atoms with van der Waals surface area (Å²) in [5.74, 6) is 2.21. The average Bonchev–Trinajstić information content (AvgIpc) is 2.44. The fourth-order valence-electron chi connectivity index (χ4n) is 1.68. The molecule has 0 heterocycles. The fraction of sp³-hybridized carbons (Fsp3) is 0.571. The first-order valence-electron chi connectivity index (χ1n) is 6.52. The van der Waals surface area contributed by atoms with Gasteiger partial charge in [0.25, 0.3) is 0 Å². The average molecular weight is 285 g/mol. The highest BCUT2D eigenvalue weighted by atomic mass is 32.2. The second-order valence-electron chi connectivity index (χ2n) is 4.21. The summed E-state index contributed by atoms with van der Waals surface area (Å²) in [4.78, 5) is 0. The predicted octanol–water partition coefficient (Wildman–Crippen LogP) is 1.70. The molecule has 0 saturated carbocycles. The first-order valence-corrected chi connectivity index (χ1v) is 8.01. The number of para-hydroxylation sites is 1. The highest BCUT2D eigenvalue weighted by Crippen LogP contribution is 2.17. The summed E-state index contributed by atoms with van der Waals surface area (Å²) in [5.41, 5.74) is 6.63. The number of benzene rings is 1. The van der Waals surface area contributed by atoms with Gasteiger partial charge in [0.2, 0.25) is 0 Å². The summed E-state index contributed by atoms with van der Waals surface area (Å²) in [6, 6.07) is 7.74. The van der Waals surface area contributed by atoms with E-state index >= 15 is 0 Å². The highest BCUT2D eigenvalue weighted by molar-refractivity contribution is 7.84. The zero-order valence-electron chi connectivity index (χ0n) is 11.5. The van der Waals surface area contributed by atoms with Crippen LogP contribution in [-0.2, 0) is 22.1 Å². The van der Waals surface area contributed by atoms with E-state index in [0.29, 0.717) is 31.3 Å². The van der Waals surface area contributed by atoms with Crippen molar-refractivity contribution < 1.29 is 13.7 Å². The highest BCUT2D eigenvalue weighted by Gasteiger charge is 2.02. The van der Waals surface area contributed by atoms with E-state index in [-0.39, 0.29) is 0 Å². The van der Waals surface area contributed by atoms with Gasteiger partial charge in [0.1, 0.15) is 5.75 Å². The van der Waals surface area contributed by atoms with E-state index in [9.17, 15) is 4.21 Å². The minimum atomic E-state index is -0.771. The number of ether oxygens (including phenoxy) is 2. The lowest BCUT2D eigenvalue weighted by Gasteiger charge is -2.09. The molecule has 2 N–H and O–H groups in total. The van der Waals surface area contributed by atoms with Crippen LogP contribution in [0.4, 0.5) is 0 Å². The van der Waals surface area contributed by atoms with E-state index < -0.39 is 10.8 Å². The summed E-state index contributed by atoms with van der Waals surface area (Å²) in [7, 11) is 0.887. The van der Waals surface area contributed by atoms with Crippen molar-refractivity contribution in [2.24, 2.45) is 5.73 Å². The summed E-state index contributed by atoms with van der Waals surface area (Å²) >= 11 is 0. The van der Waals surface area contributed by atoms with Gasteiger partial charge in [0.15, 0.2) is 0 Å². The third kappa shape index (κ3) is 6.71. The lowest BCUT2D eigenvalue weighted by atomic mass is 10.2. The Labute approximate surface area is 117 Å². The molecule has 0 amide bonds. The molecule has 1 unspecified atom stereocenters. The Kier molecular flexibility index (Phi) is 8.45. The van der Waals surface area contributed by atoms with E-state index in [4.69, 9.17) is 15.2 Å². The molecule has 0 saturated heterocycles. The second-order valence-corrected chi connectivity index (χ2v) is 5.90. The molecule has 19 heavy (non-hydrogen) atoms. The molecule has 0 radical (unpaired) electrons. The molecular weight excluding hydrogens is 262 g/mol. The zero-order chi connectivity index (χ0) is 13.9. The van der Waals surface area contributed by atoms with Crippen molar-refractivity contribution in [3.05, 3.63) is 29.8 Å². The molecule has 0 bridgehead atoms. The van der Waals surface area contributed by atoms with E-state index in [2.05, 4.69) is 0 Å². The minimum Gasteiger partial charge on any atom is -0.493 e. The smallest absolute Gasteiger partial charge is 0.123 e. The standard InChI is InChI=1S/C14H23NO3S/c1-17-8-4-10-19(16)11-5-9-18-14-7-3-2-6-13(14)12-15/h2-3,6-7H,4-5,8-12,15H2,1H3. The fourth-order valence-corrected chi connectivity index (χ4v) is 2.77. The summed E-state index contributed by atoms with van der Waals surface area (Å²) in [5, 5.41) is 0. The van der Waals surface area contributed by atoms with Crippen LogP contribution in [0.2, 0.25) is 0 Å². The van der Waals surface area contributed by atoms with Crippen molar-refractivity contribution in [1.29, 1.82) is 0 Å². The molecule has 1 aromatic rings. The molecule has 0 aliphatic rings. The van der Waals surface area contributed by atoms with Crippen molar-refractivity contribution in [1.82, 2.24) is 0 Å². The largest absolute Gasteiger partial charge is 0.493 e. The molecule has 0 aromatic heterocycles. The van der Waals surface area contributed by atoms with Crippen LogP contribution in [0.1, 0.15) is 18.4 Å². The van der Waals surface area contributed by atoms with Gasteiger partial charge in [0.05, 0.1) is 6.61 Å². The molecule has 0 aliphatic carbocycles. The first kappa shape index (κ1) is 16.1. The normalized spacial score (nSPS) is 12.3. The number of hydrogen-bond donors (Lipinski definition) is 1. The summed E-state index contributed by atoms with van der Waals surface area (Å²) in [6.45, 7) is 1.72. The molecular formula is C14H23NO3S. The quantitative estimate of drug-likeness (QED) is 0.665. The van der Waals surface area contributed by atoms with Gasteiger partial charge >= 0.3 is 0 Å². The molecule has 1 atom stereocenters. The predicted molar refractivity (Wildman–Crippen MR) is 78.8 cm³/mol. The molecule has 1 aromatic carbocycles. The van der Waals surface area contributed by atoms with Crippen molar-refractivity contribution in [3.8, 4) is 5.75 Å².